The van der Waals surface area contributed by atoms with Crippen molar-refractivity contribution in [2.45, 2.75) is 37.8 Å². The Bertz CT molecular complexity index is 506. The highest BCUT2D eigenvalue weighted by molar-refractivity contribution is 5.85. The van der Waals surface area contributed by atoms with Crippen LogP contribution in [-0.2, 0) is 4.79 Å². The summed E-state index contributed by atoms with van der Waals surface area (Å²) < 4.78 is 18.8. The number of rotatable bonds is 2. The maximum absolute atomic E-state index is 13.3. The van der Waals surface area contributed by atoms with Crippen LogP contribution in [0.15, 0.2) is 18.2 Å². The number of ether oxygens (including phenoxy) is 1. The molecular formula is C15H20ClFN2O2. The molecule has 2 heterocycles. The first-order valence-electron chi connectivity index (χ1n) is 7.20. The molecule has 21 heavy (non-hydrogen) atoms. The monoisotopic (exact) mass is 314 g/mol. The lowest BCUT2D eigenvalue weighted by atomic mass is 10.0. The van der Waals surface area contributed by atoms with Gasteiger partial charge in [-0.25, -0.2) is 4.39 Å². The molecule has 0 aliphatic carbocycles. The Morgan fingerprint density at radius 2 is 2.19 bits per heavy atom. The van der Waals surface area contributed by atoms with Crippen molar-refractivity contribution in [1.29, 1.82) is 0 Å². The van der Waals surface area contributed by atoms with Gasteiger partial charge in [-0.1, -0.05) is 6.07 Å². The Morgan fingerprint density at radius 3 is 2.95 bits per heavy atom. The van der Waals surface area contributed by atoms with Crippen LogP contribution in [0.4, 0.5) is 4.39 Å². The predicted octanol–water partition coefficient (Wildman–Crippen LogP) is 2.33. The summed E-state index contributed by atoms with van der Waals surface area (Å²) in [5, 5.41) is 6.26. The number of halogens is 2. The van der Waals surface area contributed by atoms with Gasteiger partial charge in [-0.3, -0.25) is 4.79 Å². The van der Waals surface area contributed by atoms with E-state index in [2.05, 4.69) is 10.6 Å². The topological polar surface area (TPSA) is 50.4 Å². The SMILES string of the molecule is Cl.O=C(NC1CCCOc2cc(F)ccc21)C1CCCN1. The second kappa shape index (κ2) is 7.09. The third-order valence-electron chi connectivity index (χ3n) is 3.94. The van der Waals surface area contributed by atoms with E-state index in [-0.39, 0.29) is 36.2 Å². The molecule has 4 nitrogen and oxygen atoms in total. The molecule has 0 radical (unpaired) electrons. The van der Waals surface area contributed by atoms with E-state index in [9.17, 15) is 9.18 Å². The normalized spacial score (nSPS) is 24.2. The van der Waals surface area contributed by atoms with Gasteiger partial charge in [0.05, 0.1) is 18.7 Å². The average Bonchev–Trinajstić information content (AvgIpc) is 2.90. The quantitative estimate of drug-likeness (QED) is 0.881. The number of amides is 1. The number of hydrogen-bond acceptors (Lipinski definition) is 3. The summed E-state index contributed by atoms with van der Waals surface area (Å²) in [6, 6.07) is 4.34. The van der Waals surface area contributed by atoms with Crippen molar-refractivity contribution < 1.29 is 13.9 Å². The number of carbonyl (C=O) groups is 1. The third kappa shape index (κ3) is 3.66. The number of nitrogens with one attached hydrogen (secondary N) is 2. The minimum atomic E-state index is -0.312. The van der Waals surface area contributed by atoms with E-state index in [1.807, 2.05) is 0 Å². The van der Waals surface area contributed by atoms with Gasteiger partial charge in [-0.05, 0) is 38.3 Å². The molecule has 0 spiro atoms. The van der Waals surface area contributed by atoms with Gasteiger partial charge in [-0.2, -0.15) is 0 Å². The largest absolute Gasteiger partial charge is 0.493 e. The summed E-state index contributed by atoms with van der Waals surface area (Å²) in [5.74, 6) is 0.269. The number of hydrogen-bond donors (Lipinski definition) is 2. The maximum atomic E-state index is 13.3. The van der Waals surface area contributed by atoms with E-state index < -0.39 is 0 Å². The van der Waals surface area contributed by atoms with Crippen LogP contribution in [0, 0.1) is 5.82 Å². The first-order valence-corrected chi connectivity index (χ1v) is 7.20. The smallest absolute Gasteiger partial charge is 0.237 e. The highest BCUT2D eigenvalue weighted by Crippen LogP contribution is 2.32. The highest BCUT2D eigenvalue weighted by atomic mass is 35.5. The fraction of sp³-hybridized carbons (Fsp3) is 0.533. The first kappa shape index (κ1) is 16.0. The van der Waals surface area contributed by atoms with E-state index in [1.54, 1.807) is 6.07 Å². The molecular weight excluding hydrogens is 295 g/mol. The zero-order valence-electron chi connectivity index (χ0n) is 11.7. The van der Waals surface area contributed by atoms with Crippen molar-refractivity contribution >= 4 is 18.3 Å². The van der Waals surface area contributed by atoms with Crippen LogP contribution in [0.5, 0.6) is 5.75 Å². The summed E-state index contributed by atoms with van der Waals surface area (Å²) in [6.45, 7) is 1.46. The van der Waals surface area contributed by atoms with E-state index >= 15 is 0 Å². The lowest BCUT2D eigenvalue weighted by Gasteiger charge is -2.20. The lowest BCUT2D eigenvalue weighted by molar-refractivity contribution is -0.123. The van der Waals surface area contributed by atoms with Crippen LogP contribution >= 0.6 is 12.4 Å². The summed E-state index contributed by atoms with van der Waals surface area (Å²) in [6.07, 6.45) is 3.58. The second-order valence-corrected chi connectivity index (χ2v) is 5.38. The summed E-state index contributed by atoms with van der Waals surface area (Å²) in [4.78, 5) is 12.2. The molecule has 1 saturated heterocycles. The number of benzene rings is 1. The molecule has 2 unspecified atom stereocenters. The second-order valence-electron chi connectivity index (χ2n) is 5.38. The average molecular weight is 315 g/mol. The van der Waals surface area contributed by atoms with Gasteiger partial charge in [0.2, 0.25) is 5.91 Å². The molecule has 3 rings (SSSR count). The third-order valence-corrected chi connectivity index (χ3v) is 3.94. The highest BCUT2D eigenvalue weighted by Gasteiger charge is 2.27. The fourth-order valence-electron chi connectivity index (χ4n) is 2.88. The fourth-order valence-corrected chi connectivity index (χ4v) is 2.88. The number of carbonyl (C=O) groups excluding carboxylic acids is 1. The molecule has 2 aliphatic rings. The van der Waals surface area contributed by atoms with E-state index in [0.717, 1.165) is 37.8 Å². The molecule has 2 aliphatic heterocycles. The van der Waals surface area contributed by atoms with Crippen LogP contribution in [0.3, 0.4) is 0 Å². The Kier molecular flexibility index (Phi) is 5.42. The van der Waals surface area contributed by atoms with Crippen molar-refractivity contribution in [3.63, 3.8) is 0 Å². The molecule has 2 N–H and O–H groups in total. The summed E-state index contributed by atoms with van der Waals surface area (Å²) in [5.41, 5.74) is 0.871. The minimum Gasteiger partial charge on any atom is -0.493 e. The van der Waals surface area contributed by atoms with Gasteiger partial charge in [0.25, 0.3) is 0 Å². The van der Waals surface area contributed by atoms with Gasteiger partial charge >= 0.3 is 0 Å². The Balaban J connectivity index is 0.00000161. The van der Waals surface area contributed by atoms with Gasteiger partial charge in [-0.15, -0.1) is 12.4 Å². The molecule has 1 aromatic carbocycles. The number of fused-ring (bicyclic) bond motifs is 1. The lowest BCUT2D eigenvalue weighted by Crippen LogP contribution is -2.42. The van der Waals surface area contributed by atoms with Gasteiger partial charge < -0.3 is 15.4 Å². The van der Waals surface area contributed by atoms with Crippen LogP contribution < -0.4 is 15.4 Å². The summed E-state index contributed by atoms with van der Waals surface area (Å²) >= 11 is 0. The van der Waals surface area contributed by atoms with Crippen LogP contribution in [-0.4, -0.2) is 25.1 Å². The predicted molar refractivity (Wildman–Crippen MR) is 80.3 cm³/mol. The molecule has 0 saturated carbocycles. The molecule has 2 atom stereocenters. The van der Waals surface area contributed by atoms with Crippen molar-refractivity contribution in [1.82, 2.24) is 10.6 Å². The maximum Gasteiger partial charge on any atom is 0.237 e. The zero-order valence-corrected chi connectivity index (χ0v) is 12.5. The zero-order chi connectivity index (χ0) is 13.9. The molecule has 116 valence electrons. The van der Waals surface area contributed by atoms with Crippen LogP contribution in [0.2, 0.25) is 0 Å². The van der Waals surface area contributed by atoms with Gasteiger partial charge in [0.1, 0.15) is 11.6 Å². The molecule has 1 aromatic rings. The Hall–Kier alpha value is -1.33. The minimum absolute atomic E-state index is 0. The van der Waals surface area contributed by atoms with Crippen molar-refractivity contribution in [3.8, 4) is 5.75 Å². The molecule has 0 aromatic heterocycles. The van der Waals surface area contributed by atoms with Crippen molar-refractivity contribution in [2.75, 3.05) is 13.2 Å². The van der Waals surface area contributed by atoms with Gasteiger partial charge in [0.15, 0.2) is 0 Å². The molecule has 0 bridgehead atoms. The summed E-state index contributed by atoms with van der Waals surface area (Å²) in [7, 11) is 0. The van der Waals surface area contributed by atoms with Gasteiger partial charge in [0, 0.05) is 11.6 Å². The molecule has 1 amide bonds. The Labute approximate surface area is 129 Å². The molecule has 6 heteroatoms. The van der Waals surface area contributed by atoms with Crippen molar-refractivity contribution in [3.05, 3.63) is 29.6 Å². The standard InChI is InChI=1S/C15H19FN2O2.ClH/c16-10-5-6-11-12(4-2-8-20-14(11)9-10)18-15(19)13-3-1-7-17-13;/h5-6,9,12-13,17H,1-4,7-8H2,(H,18,19);1H. The van der Waals surface area contributed by atoms with E-state index in [1.165, 1.54) is 12.1 Å². The van der Waals surface area contributed by atoms with Crippen LogP contribution in [0.1, 0.15) is 37.3 Å². The molecule has 1 fully saturated rings. The first-order chi connectivity index (χ1) is 9.74. The van der Waals surface area contributed by atoms with E-state index in [4.69, 9.17) is 4.74 Å². The van der Waals surface area contributed by atoms with E-state index in [0.29, 0.717) is 12.4 Å². The van der Waals surface area contributed by atoms with Crippen molar-refractivity contribution in [2.24, 2.45) is 0 Å². The van der Waals surface area contributed by atoms with Crippen LogP contribution in [0.25, 0.3) is 0 Å². The Morgan fingerprint density at radius 1 is 1.33 bits per heavy atom.